The number of carbonyl (C=O) groups is 1. The van der Waals surface area contributed by atoms with Gasteiger partial charge in [-0.1, -0.05) is 0 Å². The molecule has 0 radical (unpaired) electrons. The maximum absolute atomic E-state index is 13.6. The van der Waals surface area contributed by atoms with Crippen LogP contribution in [0.5, 0.6) is 5.75 Å². The number of carbonyl (C=O) groups excluding carboxylic acids is 1. The molecule has 1 amide bonds. The summed E-state index contributed by atoms with van der Waals surface area (Å²) >= 11 is 0. The van der Waals surface area contributed by atoms with Gasteiger partial charge < -0.3 is 14.8 Å². The Labute approximate surface area is 153 Å². The lowest BCUT2D eigenvalue weighted by atomic mass is 9.98. The molecule has 7 nitrogen and oxygen atoms in total. The van der Waals surface area contributed by atoms with E-state index in [9.17, 15) is 17.6 Å². The van der Waals surface area contributed by atoms with Gasteiger partial charge in [-0.15, -0.1) is 0 Å². The minimum absolute atomic E-state index is 0.0491. The average molecular weight is 388 g/mol. The topological polar surface area (TPSA) is 84.9 Å². The van der Waals surface area contributed by atoms with Crippen LogP contribution in [0.4, 0.5) is 4.39 Å². The summed E-state index contributed by atoms with van der Waals surface area (Å²) in [4.78, 5) is 12.2. The number of benzene rings is 1. The fraction of sp³-hybridized carbons (Fsp3) is 0.588. The molecule has 1 aromatic rings. The summed E-state index contributed by atoms with van der Waals surface area (Å²) in [5.74, 6) is -1.26. The van der Waals surface area contributed by atoms with Crippen LogP contribution in [0.3, 0.4) is 0 Å². The Bertz CT molecular complexity index is 741. The first kappa shape index (κ1) is 20.6. The molecule has 1 aliphatic rings. The number of hydrogen-bond donors (Lipinski definition) is 1. The first-order valence-electron chi connectivity index (χ1n) is 8.42. The molecule has 0 aromatic heterocycles. The molecule has 2 rings (SSSR count). The van der Waals surface area contributed by atoms with E-state index in [1.54, 1.807) is 7.11 Å². The number of rotatable bonds is 7. The first-order chi connectivity index (χ1) is 12.3. The molecule has 1 aliphatic heterocycles. The minimum Gasteiger partial charge on any atom is -0.495 e. The molecule has 146 valence electrons. The molecule has 1 saturated heterocycles. The quantitative estimate of drug-likeness (QED) is 0.763. The zero-order chi connectivity index (χ0) is 19.3. The summed E-state index contributed by atoms with van der Waals surface area (Å²) < 4.78 is 50.7. The Morgan fingerprint density at radius 1 is 1.42 bits per heavy atom. The van der Waals surface area contributed by atoms with E-state index in [1.165, 1.54) is 17.5 Å². The van der Waals surface area contributed by atoms with E-state index in [-0.39, 0.29) is 35.7 Å². The predicted octanol–water partition coefficient (Wildman–Crippen LogP) is 1.39. The van der Waals surface area contributed by atoms with Gasteiger partial charge in [0.25, 0.3) is 0 Å². The molecule has 26 heavy (non-hydrogen) atoms. The van der Waals surface area contributed by atoms with Crippen molar-refractivity contribution < 1.29 is 27.1 Å². The zero-order valence-corrected chi connectivity index (χ0v) is 16.0. The second kappa shape index (κ2) is 8.79. The van der Waals surface area contributed by atoms with Gasteiger partial charge in [-0.2, -0.15) is 4.31 Å². The highest BCUT2D eigenvalue weighted by Gasteiger charge is 2.35. The highest BCUT2D eigenvalue weighted by molar-refractivity contribution is 7.89. The molecule has 1 heterocycles. The number of nitrogens with zero attached hydrogens (tertiary/aromatic N) is 1. The molecule has 0 saturated carbocycles. The monoisotopic (exact) mass is 388 g/mol. The predicted molar refractivity (Wildman–Crippen MR) is 93.9 cm³/mol. The van der Waals surface area contributed by atoms with Crippen LogP contribution in [0, 0.1) is 11.7 Å². The number of sulfonamides is 1. The molecule has 1 aromatic carbocycles. The third-order valence-electron chi connectivity index (χ3n) is 4.30. The van der Waals surface area contributed by atoms with Crippen molar-refractivity contribution in [3.63, 3.8) is 0 Å². The van der Waals surface area contributed by atoms with Crippen LogP contribution in [0.2, 0.25) is 0 Å². The number of hydrogen-bond acceptors (Lipinski definition) is 5. The van der Waals surface area contributed by atoms with Crippen molar-refractivity contribution in [3.8, 4) is 5.75 Å². The van der Waals surface area contributed by atoms with E-state index in [0.717, 1.165) is 12.1 Å². The van der Waals surface area contributed by atoms with Gasteiger partial charge in [0.1, 0.15) is 16.5 Å². The number of methoxy groups -OCH3 is 2. The van der Waals surface area contributed by atoms with Crippen molar-refractivity contribution >= 4 is 15.9 Å². The number of nitrogens with one attached hydrogen (secondary N) is 1. The maximum Gasteiger partial charge on any atom is 0.246 e. The molecule has 1 N–H and O–H groups in total. The summed E-state index contributed by atoms with van der Waals surface area (Å²) in [5, 5.41) is 2.82. The van der Waals surface area contributed by atoms with Crippen LogP contribution in [-0.2, 0) is 19.6 Å². The van der Waals surface area contributed by atoms with E-state index in [1.807, 2.05) is 6.92 Å². The van der Waals surface area contributed by atoms with Crippen molar-refractivity contribution in [2.24, 2.45) is 5.92 Å². The molecule has 9 heteroatoms. The second-order valence-electron chi connectivity index (χ2n) is 6.36. The average Bonchev–Trinajstić information content (AvgIpc) is 2.62. The standard InChI is InChI=1S/C17H25FN2O5S/c1-12(11-24-2)19-17(21)13-5-4-8-20(10-13)26(22,23)16-9-14(18)6-7-15(16)25-3/h6-7,9,12-13H,4-5,8,10-11H2,1-3H3,(H,19,21)/t12-,13+/m1/s1. The number of piperidine rings is 1. The number of amides is 1. The van der Waals surface area contributed by atoms with Gasteiger partial charge in [-0.3, -0.25) is 4.79 Å². The SMILES string of the molecule is COC[C@@H](C)NC(=O)[C@H]1CCCN(S(=O)(=O)c2cc(F)ccc2OC)C1. The van der Waals surface area contributed by atoms with E-state index in [0.29, 0.717) is 19.4 Å². The summed E-state index contributed by atoms with van der Waals surface area (Å²) in [5.41, 5.74) is 0. The van der Waals surface area contributed by atoms with Gasteiger partial charge in [0.2, 0.25) is 15.9 Å². The van der Waals surface area contributed by atoms with Crippen molar-refractivity contribution in [1.82, 2.24) is 9.62 Å². The summed E-state index contributed by atoms with van der Waals surface area (Å²) in [7, 11) is -1.09. The fourth-order valence-corrected chi connectivity index (χ4v) is 4.71. The van der Waals surface area contributed by atoms with Gasteiger partial charge in [0.15, 0.2) is 0 Å². The molecule has 0 bridgehead atoms. The zero-order valence-electron chi connectivity index (χ0n) is 15.2. The summed E-state index contributed by atoms with van der Waals surface area (Å²) in [6.45, 7) is 2.52. The molecule has 0 spiro atoms. The lowest BCUT2D eigenvalue weighted by Gasteiger charge is -2.32. The molecule has 0 unspecified atom stereocenters. The lowest BCUT2D eigenvalue weighted by Crippen LogP contribution is -2.47. The molecular weight excluding hydrogens is 363 g/mol. The third kappa shape index (κ3) is 4.72. The summed E-state index contributed by atoms with van der Waals surface area (Å²) in [6, 6.07) is 3.20. The highest BCUT2D eigenvalue weighted by atomic mass is 32.2. The third-order valence-corrected chi connectivity index (χ3v) is 6.19. The fourth-order valence-electron chi connectivity index (χ4n) is 3.02. The second-order valence-corrected chi connectivity index (χ2v) is 8.27. The van der Waals surface area contributed by atoms with Crippen molar-refractivity contribution in [1.29, 1.82) is 0 Å². The van der Waals surface area contributed by atoms with Crippen molar-refractivity contribution in [3.05, 3.63) is 24.0 Å². The van der Waals surface area contributed by atoms with Crippen LogP contribution in [0.15, 0.2) is 23.1 Å². The smallest absolute Gasteiger partial charge is 0.246 e. The Morgan fingerprint density at radius 2 is 2.15 bits per heavy atom. The number of ether oxygens (including phenoxy) is 2. The molecule has 2 atom stereocenters. The van der Waals surface area contributed by atoms with Gasteiger partial charge in [-0.25, -0.2) is 12.8 Å². The lowest BCUT2D eigenvalue weighted by molar-refractivity contribution is -0.127. The van der Waals surface area contributed by atoms with Gasteiger partial charge in [-0.05, 0) is 38.0 Å². The number of halogens is 1. The van der Waals surface area contributed by atoms with Crippen LogP contribution < -0.4 is 10.1 Å². The minimum atomic E-state index is -3.97. The van der Waals surface area contributed by atoms with Crippen molar-refractivity contribution in [2.45, 2.75) is 30.7 Å². The van der Waals surface area contributed by atoms with Gasteiger partial charge in [0.05, 0.1) is 19.6 Å². The molecule has 0 aliphatic carbocycles. The maximum atomic E-state index is 13.6. The van der Waals surface area contributed by atoms with Crippen LogP contribution in [0.1, 0.15) is 19.8 Å². The Morgan fingerprint density at radius 3 is 2.81 bits per heavy atom. The normalized spacial score (nSPS) is 19.8. The van der Waals surface area contributed by atoms with Crippen LogP contribution in [0.25, 0.3) is 0 Å². The highest BCUT2D eigenvalue weighted by Crippen LogP contribution is 2.30. The van der Waals surface area contributed by atoms with E-state index in [4.69, 9.17) is 9.47 Å². The van der Waals surface area contributed by atoms with Crippen LogP contribution >= 0.6 is 0 Å². The van der Waals surface area contributed by atoms with Crippen LogP contribution in [-0.4, -0.2) is 58.6 Å². The van der Waals surface area contributed by atoms with Gasteiger partial charge >= 0.3 is 0 Å². The summed E-state index contributed by atoms with van der Waals surface area (Å²) in [6.07, 6.45) is 1.14. The largest absolute Gasteiger partial charge is 0.495 e. The molecule has 1 fully saturated rings. The van der Waals surface area contributed by atoms with Crippen molar-refractivity contribution in [2.75, 3.05) is 33.9 Å². The Hall–Kier alpha value is -1.71. The van der Waals surface area contributed by atoms with E-state index in [2.05, 4.69) is 5.32 Å². The Kier molecular flexibility index (Phi) is 6.96. The van der Waals surface area contributed by atoms with E-state index < -0.39 is 21.8 Å². The first-order valence-corrected chi connectivity index (χ1v) is 9.86. The van der Waals surface area contributed by atoms with Gasteiger partial charge in [0, 0.05) is 26.2 Å². The Balaban J connectivity index is 2.18. The molecular formula is C17H25FN2O5S. The van der Waals surface area contributed by atoms with E-state index >= 15 is 0 Å².